The van der Waals surface area contributed by atoms with Crippen molar-refractivity contribution in [2.45, 2.75) is 83.3 Å². The molecule has 0 aliphatic carbocycles. The molecular weight excluding hydrogens is 721 g/mol. The number of hydrogen-bond acceptors (Lipinski definition) is 11. The Bertz CT molecular complexity index is 1780. The minimum atomic E-state index is -0.844. The van der Waals surface area contributed by atoms with Gasteiger partial charge in [0.2, 0.25) is 5.95 Å². The SMILES string of the molecule is CC(=O)O[C@H]1C[C@@H](n2c(Br)nc3cc(Cl)c(Cl)cc32)OC[C@H]1OC(C)=O.CC(C)c1cccc2c1nc(N)n2[C@@H]1C[C@H](O)[C@H](O)CO1. The van der Waals surface area contributed by atoms with Crippen molar-refractivity contribution in [1.29, 1.82) is 0 Å². The summed E-state index contributed by atoms with van der Waals surface area (Å²) in [5.74, 6) is -0.218. The van der Waals surface area contributed by atoms with Crippen LogP contribution in [0, 0.1) is 0 Å². The quantitative estimate of drug-likeness (QED) is 0.227. The lowest BCUT2D eigenvalue weighted by molar-refractivity contribution is -0.194. The second kappa shape index (κ2) is 14.6. The van der Waals surface area contributed by atoms with Gasteiger partial charge in [-0.2, -0.15) is 0 Å². The number of carbonyl (C=O) groups excluding carboxylic acids is 2. The molecule has 47 heavy (non-hydrogen) atoms. The Balaban J connectivity index is 0.000000189. The second-order valence-electron chi connectivity index (χ2n) is 11.7. The lowest BCUT2D eigenvalue weighted by Crippen LogP contribution is -2.44. The Morgan fingerprint density at radius 3 is 2.23 bits per heavy atom. The predicted octanol–water partition coefficient (Wildman–Crippen LogP) is 5.27. The van der Waals surface area contributed by atoms with E-state index in [4.69, 9.17) is 47.9 Å². The number of aliphatic hydroxyl groups is 2. The Morgan fingerprint density at radius 2 is 1.57 bits per heavy atom. The summed E-state index contributed by atoms with van der Waals surface area (Å²) >= 11 is 15.6. The van der Waals surface area contributed by atoms with Gasteiger partial charge >= 0.3 is 11.9 Å². The molecule has 2 saturated heterocycles. The van der Waals surface area contributed by atoms with Gasteiger partial charge in [0, 0.05) is 26.7 Å². The molecule has 0 amide bonds. The van der Waals surface area contributed by atoms with Gasteiger partial charge in [-0.3, -0.25) is 18.7 Å². The van der Waals surface area contributed by atoms with Gasteiger partial charge in [-0.25, -0.2) is 9.97 Å². The largest absolute Gasteiger partial charge is 0.458 e. The summed E-state index contributed by atoms with van der Waals surface area (Å²) in [5, 5.41) is 20.2. The molecule has 0 spiro atoms. The van der Waals surface area contributed by atoms with Crippen molar-refractivity contribution >= 4 is 79.1 Å². The summed E-state index contributed by atoms with van der Waals surface area (Å²) in [6, 6.07) is 9.33. The highest BCUT2D eigenvalue weighted by atomic mass is 79.9. The molecule has 4 aromatic rings. The minimum Gasteiger partial charge on any atom is -0.458 e. The van der Waals surface area contributed by atoms with E-state index in [1.165, 1.54) is 13.8 Å². The summed E-state index contributed by atoms with van der Waals surface area (Å²) in [5.41, 5.74) is 10.3. The van der Waals surface area contributed by atoms with Crippen LogP contribution in [0.1, 0.15) is 64.5 Å². The Labute approximate surface area is 289 Å². The third-order valence-electron chi connectivity index (χ3n) is 7.95. The molecular formula is C31H36BrCl2N5O8. The van der Waals surface area contributed by atoms with Crippen molar-refractivity contribution in [3.05, 3.63) is 50.7 Å². The van der Waals surface area contributed by atoms with Gasteiger partial charge in [0.1, 0.15) is 24.7 Å². The van der Waals surface area contributed by atoms with E-state index in [1.54, 1.807) is 21.3 Å². The molecule has 0 radical (unpaired) electrons. The summed E-state index contributed by atoms with van der Waals surface area (Å²) in [4.78, 5) is 31.6. The van der Waals surface area contributed by atoms with Crippen LogP contribution in [0.5, 0.6) is 0 Å². The van der Waals surface area contributed by atoms with Crippen LogP contribution in [0.2, 0.25) is 10.0 Å². The number of rotatable bonds is 5. The van der Waals surface area contributed by atoms with Crippen LogP contribution in [0.3, 0.4) is 0 Å². The van der Waals surface area contributed by atoms with Gasteiger partial charge in [0.15, 0.2) is 10.8 Å². The number of ether oxygens (including phenoxy) is 4. The number of imidazole rings is 2. The molecule has 16 heteroatoms. The first-order valence-corrected chi connectivity index (χ1v) is 16.5. The Kier molecular flexibility index (Phi) is 11.0. The number of aliphatic hydroxyl groups excluding tert-OH is 2. The van der Waals surface area contributed by atoms with Crippen LogP contribution in [0.15, 0.2) is 35.1 Å². The highest BCUT2D eigenvalue weighted by Crippen LogP contribution is 2.36. The molecule has 6 rings (SSSR count). The number of para-hydroxylation sites is 1. The number of benzene rings is 2. The summed E-state index contributed by atoms with van der Waals surface area (Å²) < 4.78 is 26.1. The number of aromatic nitrogens is 4. The zero-order valence-corrected chi connectivity index (χ0v) is 29.2. The number of nitrogens with zero attached hydrogens (tertiary/aromatic N) is 4. The molecule has 0 unspecified atom stereocenters. The zero-order valence-electron chi connectivity index (χ0n) is 26.1. The van der Waals surface area contributed by atoms with Crippen molar-refractivity contribution in [3.8, 4) is 0 Å². The van der Waals surface area contributed by atoms with Crippen LogP contribution in [0.25, 0.3) is 22.1 Å². The van der Waals surface area contributed by atoms with Gasteiger partial charge in [0.05, 0.1) is 51.4 Å². The number of nitrogen functional groups attached to an aromatic ring is 1. The molecule has 13 nitrogen and oxygen atoms in total. The average molecular weight is 757 g/mol. The zero-order chi connectivity index (χ0) is 34.2. The highest BCUT2D eigenvalue weighted by Gasteiger charge is 2.38. The molecule has 254 valence electrons. The third-order valence-corrected chi connectivity index (χ3v) is 9.23. The van der Waals surface area contributed by atoms with E-state index in [1.807, 2.05) is 18.2 Å². The van der Waals surface area contributed by atoms with E-state index in [9.17, 15) is 19.8 Å². The number of esters is 2. The Morgan fingerprint density at radius 1 is 0.936 bits per heavy atom. The Hall–Kier alpha value is -2.98. The molecule has 4 heterocycles. The van der Waals surface area contributed by atoms with Crippen molar-refractivity contribution in [3.63, 3.8) is 0 Å². The maximum Gasteiger partial charge on any atom is 0.303 e. The van der Waals surface area contributed by atoms with Crippen LogP contribution in [-0.4, -0.2) is 78.9 Å². The first-order valence-electron chi connectivity index (χ1n) is 15.0. The van der Waals surface area contributed by atoms with Crippen molar-refractivity contribution in [2.75, 3.05) is 18.9 Å². The summed E-state index contributed by atoms with van der Waals surface area (Å²) in [7, 11) is 0. The van der Waals surface area contributed by atoms with Crippen LogP contribution in [0.4, 0.5) is 5.95 Å². The fourth-order valence-electron chi connectivity index (χ4n) is 5.76. The first-order chi connectivity index (χ1) is 22.2. The monoisotopic (exact) mass is 755 g/mol. The number of nitrogens with two attached hydrogens (primary N) is 1. The van der Waals surface area contributed by atoms with E-state index < -0.39 is 48.8 Å². The van der Waals surface area contributed by atoms with E-state index >= 15 is 0 Å². The highest BCUT2D eigenvalue weighted by molar-refractivity contribution is 9.10. The van der Waals surface area contributed by atoms with E-state index in [0.29, 0.717) is 44.1 Å². The van der Waals surface area contributed by atoms with Crippen LogP contribution >= 0.6 is 39.1 Å². The molecule has 0 bridgehead atoms. The molecule has 4 N–H and O–H groups in total. The molecule has 2 aliphatic rings. The maximum atomic E-state index is 11.4. The van der Waals surface area contributed by atoms with Crippen molar-refractivity contribution in [1.82, 2.24) is 19.1 Å². The second-order valence-corrected chi connectivity index (χ2v) is 13.2. The standard InChI is InChI=1S/C16H15BrCl2N2O5.C15H21N3O3/c1-7(22)25-13-5-15(24-6-14(13)26-8(2)23)21-12-4-10(19)9(18)3-11(12)20-16(21)17;1-8(2)9-4-3-5-10-14(9)17-15(16)18(10)13-6-11(19)12(20)7-21-13/h3-4,13-15H,5-6H2,1-2H3;3-5,8,11-13,19-20H,6-7H2,1-2H3,(H2,16,17)/t13-,14+,15-;11-,12+,13-/m00/s1. The fraction of sp³-hybridized carbons (Fsp3) is 0.484. The van der Waals surface area contributed by atoms with Crippen LogP contribution < -0.4 is 5.73 Å². The van der Waals surface area contributed by atoms with Gasteiger partial charge in [-0.05, 0) is 45.6 Å². The smallest absolute Gasteiger partial charge is 0.303 e. The number of fused-ring (bicyclic) bond motifs is 2. The van der Waals surface area contributed by atoms with Gasteiger partial charge in [-0.15, -0.1) is 0 Å². The fourth-order valence-corrected chi connectivity index (χ4v) is 6.69. The van der Waals surface area contributed by atoms with Gasteiger partial charge in [0.25, 0.3) is 0 Å². The minimum absolute atomic E-state index is 0.0790. The lowest BCUT2D eigenvalue weighted by atomic mass is 10.0. The molecule has 2 aromatic carbocycles. The normalized spacial score (nSPS) is 24.6. The number of halogens is 3. The molecule has 6 atom stereocenters. The van der Waals surface area contributed by atoms with E-state index in [2.05, 4.69) is 39.7 Å². The topological polar surface area (TPSA) is 173 Å². The molecule has 2 aromatic heterocycles. The first kappa shape index (κ1) is 35.3. The van der Waals surface area contributed by atoms with Crippen molar-refractivity contribution < 1.29 is 38.7 Å². The summed E-state index contributed by atoms with van der Waals surface area (Å²) in [6.45, 7) is 7.00. The van der Waals surface area contributed by atoms with E-state index in [-0.39, 0.29) is 19.6 Å². The number of carbonyl (C=O) groups is 2. The number of hydrogen-bond donors (Lipinski definition) is 3. The maximum absolute atomic E-state index is 11.4. The van der Waals surface area contributed by atoms with Gasteiger partial charge in [-0.1, -0.05) is 49.2 Å². The summed E-state index contributed by atoms with van der Waals surface area (Å²) in [6.07, 6.45) is -3.29. The molecule has 0 saturated carbocycles. The number of anilines is 1. The van der Waals surface area contributed by atoms with Crippen molar-refractivity contribution in [2.24, 2.45) is 0 Å². The predicted molar refractivity (Wildman–Crippen MR) is 178 cm³/mol. The average Bonchev–Trinajstić information content (AvgIpc) is 3.50. The molecule has 2 fully saturated rings. The van der Waals surface area contributed by atoms with Gasteiger partial charge < -0.3 is 34.9 Å². The van der Waals surface area contributed by atoms with Crippen LogP contribution in [-0.2, 0) is 28.5 Å². The molecule has 2 aliphatic heterocycles. The lowest BCUT2D eigenvalue weighted by Gasteiger charge is -2.35. The van der Waals surface area contributed by atoms with E-state index in [0.717, 1.165) is 16.6 Å². The third kappa shape index (κ3) is 7.69.